The number of aromatic nitrogens is 3. The molecule has 3 aromatic carbocycles. The average molecular weight is 1500 g/mol. The number of primary amides is 3. The maximum atomic E-state index is 11.8. The van der Waals surface area contributed by atoms with E-state index in [2.05, 4.69) is 110 Å². The van der Waals surface area contributed by atoms with Crippen molar-refractivity contribution in [2.24, 2.45) is 17.2 Å². The number of esters is 2. The Morgan fingerprint density at radius 3 is 1.02 bits per heavy atom. The highest BCUT2D eigenvalue weighted by molar-refractivity contribution is 9.11. The van der Waals surface area contributed by atoms with E-state index in [1.165, 1.54) is 25.7 Å². The summed E-state index contributed by atoms with van der Waals surface area (Å²) in [6.45, 7) is 10.2. The fraction of sp³-hybridized carbons (Fsp3) is 0.304. The summed E-state index contributed by atoms with van der Waals surface area (Å²) in [5.41, 5.74) is 29.1. The standard InChI is InChI=1S/2C21H21BrN2O3S.C19H17BrN2O3S.C8H18N2/c2*1-3-27-20(25)11-6-15-5-8-17(18-9-10-19(22)28-18)24(15)16-7-4-14(21(23)26)12-13(16)2;1-11-10-12(19(21)25)2-5-14(11)22-13(4-9-18(23)24)3-6-15(22)16-7-8-17(20)26-16;1-9-7-5-3-4-6-8(7)10-2/h2*4-5,7-10,12H,3,6,11H2,1-2H3,(H2,23,26);2-3,5-8,10H,4,9H2,1H3,(H2,21,25)(H,23,24);7-10H,3-6H2,1-2H3. The monoisotopic (exact) mass is 1490 g/mol. The minimum Gasteiger partial charge on any atom is -0.481 e. The van der Waals surface area contributed by atoms with E-state index >= 15 is 0 Å². The normalized spacial score (nSPS) is 13.4. The van der Waals surface area contributed by atoms with Crippen LogP contribution >= 0.6 is 81.8 Å². The molecule has 1 aliphatic carbocycles. The first-order valence-corrected chi connectivity index (χ1v) is 34.9. The summed E-state index contributed by atoms with van der Waals surface area (Å²) in [7, 11) is 4.11. The van der Waals surface area contributed by atoms with Gasteiger partial charge in [0.1, 0.15) is 0 Å². The fourth-order valence-corrected chi connectivity index (χ4v) is 15.2. The molecule has 9 N–H and O–H groups in total. The summed E-state index contributed by atoms with van der Waals surface area (Å²) >= 11 is 15.4. The third kappa shape index (κ3) is 19.2. The van der Waals surface area contributed by atoms with Crippen LogP contribution in [0.3, 0.4) is 0 Å². The van der Waals surface area contributed by atoms with Gasteiger partial charge in [0.25, 0.3) is 0 Å². The first-order chi connectivity index (χ1) is 44.0. The lowest BCUT2D eigenvalue weighted by molar-refractivity contribution is -0.144. The summed E-state index contributed by atoms with van der Waals surface area (Å²) in [4.78, 5) is 72.4. The van der Waals surface area contributed by atoms with Crippen molar-refractivity contribution in [3.8, 4) is 48.8 Å². The van der Waals surface area contributed by atoms with Crippen LogP contribution in [0.1, 0.15) is 124 Å². The first kappa shape index (κ1) is 72.2. The predicted molar refractivity (Wildman–Crippen MR) is 380 cm³/mol. The molecule has 0 aliphatic heterocycles. The molecule has 10 rings (SSSR count). The van der Waals surface area contributed by atoms with Crippen LogP contribution in [0.4, 0.5) is 0 Å². The number of carboxylic acid groups (broad SMARTS) is 1. The van der Waals surface area contributed by atoms with Gasteiger partial charge < -0.3 is 56.1 Å². The van der Waals surface area contributed by atoms with E-state index in [0.29, 0.717) is 74.1 Å². The van der Waals surface area contributed by atoms with Gasteiger partial charge in [-0.2, -0.15) is 0 Å². The number of nitrogens with zero attached hydrogens (tertiary/aromatic N) is 3. The van der Waals surface area contributed by atoms with Gasteiger partial charge in [-0.05, 0) is 273 Å². The number of ether oxygens (including phenoxy) is 2. The minimum atomic E-state index is -0.834. The Hall–Kier alpha value is -7.22. The van der Waals surface area contributed by atoms with Gasteiger partial charge in [-0.1, -0.05) is 12.8 Å². The molecule has 3 amide bonds. The lowest BCUT2D eigenvalue weighted by Crippen LogP contribution is -2.47. The summed E-state index contributed by atoms with van der Waals surface area (Å²) in [5, 5.41) is 15.7. The number of carbonyl (C=O) groups excluding carboxylic acids is 5. The van der Waals surface area contributed by atoms with E-state index < -0.39 is 23.7 Å². The molecule has 0 saturated heterocycles. The van der Waals surface area contributed by atoms with Gasteiger partial charge in [0.05, 0.1) is 75.5 Å². The molecule has 2 unspecified atom stereocenters. The number of amides is 3. The molecule has 486 valence electrons. The van der Waals surface area contributed by atoms with Crippen molar-refractivity contribution in [1.82, 2.24) is 24.3 Å². The Balaban J connectivity index is 0.000000182. The number of likely N-dealkylation sites (N-methyl/N-ethyl adjacent to an activating group) is 2. The predicted octanol–water partition coefficient (Wildman–Crippen LogP) is 14.9. The van der Waals surface area contributed by atoms with Gasteiger partial charge in [-0.3, -0.25) is 28.8 Å². The molecule has 9 aromatic rings. The first-order valence-electron chi connectivity index (χ1n) is 30.0. The Labute approximate surface area is 574 Å². The summed E-state index contributed by atoms with van der Waals surface area (Å²) in [6.07, 6.45) is 7.66. The second-order valence-corrected chi connectivity index (χ2v) is 29.0. The van der Waals surface area contributed by atoms with Crippen LogP contribution in [0.15, 0.2) is 139 Å². The molecular weight excluding hydrogens is 1420 g/mol. The number of carboxylic acids is 1. The van der Waals surface area contributed by atoms with Crippen LogP contribution in [0.2, 0.25) is 0 Å². The van der Waals surface area contributed by atoms with Crippen LogP contribution in [0.5, 0.6) is 0 Å². The van der Waals surface area contributed by atoms with Gasteiger partial charge in [-0.25, -0.2) is 0 Å². The van der Waals surface area contributed by atoms with Gasteiger partial charge >= 0.3 is 17.9 Å². The molecule has 0 spiro atoms. The number of aliphatic carboxylic acids is 1. The minimum absolute atomic E-state index is 0.0516. The van der Waals surface area contributed by atoms with Gasteiger partial charge in [0.2, 0.25) is 17.7 Å². The molecular formula is C69H77Br3N8O9S3. The third-order valence-electron chi connectivity index (χ3n) is 15.4. The van der Waals surface area contributed by atoms with E-state index in [1.54, 1.807) is 84.3 Å². The molecule has 6 heterocycles. The molecule has 0 radical (unpaired) electrons. The molecule has 1 fully saturated rings. The van der Waals surface area contributed by atoms with Crippen LogP contribution in [-0.4, -0.2) is 93.8 Å². The lowest BCUT2D eigenvalue weighted by Gasteiger charge is -2.30. The summed E-state index contributed by atoms with van der Waals surface area (Å²) in [5.74, 6) is -2.63. The maximum absolute atomic E-state index is 11.8. The Bertz CT molecular complexity index is 3870. The number of carbonyl (C=O) groups is 6. The second kappa shape index (κ2) is 34.6. The van der Waals surface area contributed by atoms with E-state index in [4.69, 9.17) is 31.8 Å². The summed E-state index contributed by atoms with van der Waals surface area (Å²) < 4.78 is 19.6. The lowest BCUT2D eigenvalue weighted by atomic mass is 9.91. The third-order valence-corrected chi connectivity index (χ3v) is 20.4. The highest BCUT2D eigenvalue weighted by Gasteiger charge is 2.23. The van der Waals surface area contributed by atoms with Crippen molar-refractivity contribution >= 4 is 117 Å². The maximum Gasteiger partial charge on any atom is 0.306 e. The number of halogens is 3. The molecule has 23 heteroatoms. The Morgan fingerprint density at radius 2 is 0.783 bits per heavy atom. The zero-order valence-electron chi connectivity index (χ0n) is 52.4. The molecule has 0 bridgehead atoms. The molecule has 17 nitrogen and oxygen atoms in total. The number of benzene rings is 3. The SMILES string of the molecule is CCOC(=O)CCc1ccc(-c2ccc(Br)s2)n1-c1ccc(C(N)=O)cc1C.CCOC(=O)CCc1ccc(-c2ccc(Br)s2)n1-c1ccc(C(N)=O)cc1C.CNC1CCCCC1NC.Cc1cc(C(N)=O)ccc1-n1c(CCC(=O)O)ccc1-c1ccc(Br)s1. The highest BCUT2D eigenvalue weighted by atomic mass is 79.9. The van der Waals surface area contributed by atoms with Crippen molar-refractivity contribution in [2.45, 2.75) is 111 Å². The Kier molecular flexibility index (Phi) is 27.2. The zero-order valence-corrected chi connectivity index (χ0v) is 59.6. The van der Waals surface area contributed by atoms with E-state index in [-0.39, 0.29) is 18.4 Å². The van der Waals surface area contributed by atoms with E-state index in [1.807, 2.05) is 87.5 Å². The topological polar surface area (TPSA) is 258 Å². The summed E-state index contributed by atoms with van der Waals surface area (Å²) in [6, 6.07) is 41.8. The number of hydrogen-bond acceptors (Lipinski definition) is 13. The van der Waals surface area contributed by atoms with Crippen molar-refractivity contribution in [2.75, 3.05) is 27.3 Å². The largest absolute Gasteiger partial charge is 0.481 e. The van der Waals surface area contributed by atoms with Crippen LogP contribution in [0.25, 0.3) is 48.8 Å². The number of nitrogens with two attached hydrogens (primary N) is 3. The Morgan fingerprint density at radius 1 is 0.478 bits per heavy atom. The molecule has 92 heavy (non-hydrogen) atoms. The van der Waals surface area contributed by atoms with Crippen molar-refractivity contribution in [3.05, 3.63) is 189 Å². The van der Waals surface area contributed by atoms with Crippen molar-refractivity contribution in [1.29, 1.82) is 0 Å². The van der Waals surface area contributed by atoms with E-state index in [9.17, 15) is 28.8 Å². The molecule has 2 atom stereocenters. The van der Waals surface area contributed by atoms with Crippen molar-refractivity contribution in [3.63, 3.8) is 0 Å². The number of aryl methyl sites for hydroxylation is 6. The van der Waals surface area contributed by atoms with Crippen LogP contribution in [0, 0.1) is 20.8 Å². The van der Waals surface area contributed by atoms with Gasteiger partial charge in [-0.15, -0.1) is 34.0 Å². The quantitative estimate of drug-likeness (QED) is 0.0348. The smallest absolute Gasteiger partial charge is 0.306 e. The second-order valence-electron chi connectivity index (χ2n) is 21.6. The van der Waals surface area contributed by atoms with Crippen molar-refractivity contribution < 1.29 is 43.3 Å². The number of hydrogen-bond donors (Lipinski definition) is 6. The van der Waals surface area contributed by atoms with Crippen LogP contribution in [-0.2, 0) is 43.1 Å². The van der Waals surface area contributed by atoms with Crippen LogP contribution < -0.4 is 27.8 Å². The zero-order chi connectivity index (χ0) is 66.8. The van der Waals surface area contributed by atoms with Gasteiger partial charge in [0.15, 0.2) is 0 Å². The highest BCUT2D eigenvalue weighted by Crippen LogP contribution is 2.39. The van der Waals surface area contributed by atoms with Gasteiger partial charge in [0, 0.05) is 62.9 Å². The number of nitrogens with one attached hydrogen (secondary N) is 2. The molecule has 6 aromatic heterocycles. The molecule has 1 saturated carbocycles. The number of thiophene rings is 3. The molecule has 1 aliphatic rings. The number of rotatable bonds is 22. The fourth-order valence-electron chi connectivity index (χ4n) is 11.0. The average Bonchev–Trinajstić information content (AvgIpc) is 1.61. The van der Waals surface area contributed by atoms with E-state index in [0.717, 1.165) is 93.9 Å².